The maximum Gasteiger partial charge on any atom is 0.252 e. The molecular formula is C17H17NO5. The third-order valence-electron chi connectivity index (χ3n) is 3.45. The Kier molecular flexibility index (Phi) is 4.23. The summed E-state index contributed by atoms with van der Waals surface area (Å²) in [7, 11) is 1.51. The highest BCUT2D eigenvalue weighted by Crippen LogP contribution is 2.33. The maximum absolute atomic E-state index is 11.5. The van der Waals surface area contributed by atoms with Crippen LogP contribution in [0.25, 0.3) is 0 Å². The van der Waals surface area contributed by atoms with Crippen LogP contribution in [-0.2, 0) is 6.61 Å². The zero-order valence-electron chi connectivity index (χ0n) is 12.7. The van der Waals surface area contributed by atoms with Crippen molar-refractivity contribution in [3.8, 4) is 23.0 Å². The molecule has 23 heavy (non-hydrogen) atoms. The smallest absolute Gasteiger partial charge is 0.252 e. The molecule has 0 atom stereocenters. The lowest BCUT2D eigenvalue weighted by Crippen LogP contribution is -2.16. The zero-order chi connectivity index (χ0) is 16.2. The Morgan fingerprint density at radius 2 is 1.96 bits per heavy atom. The number of hydrogen-bond acceptors (Lipinski definition) is 5. The van der Waals surface area contributed by atoms with Crippen molar-refractivity contribution in [3.63, 3.8) is 0 Å². The summed E-state index contributed by atoms with van der Waals surface area (Å²) in [4.78, 5) is 11.5. The van der Waals surface area contributed by atoms with Gasteiger partial charge in [-0.2, -0.15) is 0 Å². The molecule has 2 N–H and O–H groups in total. The summed E-state index contributed by atoms with van der Waals surface area (Å²) in [5, 5.41) is 0. The van der Waals surface area contributed by atoms with E-state index in [1.165, 1.54) is 7.11 Å². The summed E-state index contributed by atoms with van der Waals surface area (Å²) in [6.07, 6.45) is 0. The number of carbonyl (C=O) groups is 1. The van der Waals surface area contributed by atoms with Crippen LogP contribution in [0.15, 0.2) is 36.4 Å². The van der Waals surface area contributed by atoms with Crippen LogP contribution < -0.4 is 24.7 Å². The lowest BCUT2D eigenvalue weighted by atomic mass is 10.1. The van der Waals surface area contributed by atoms with Crippen LogP contribution in [0.5, 0.6) is 23.0 Å². The molecule has 0 saturated carbocycles. The van der Waals surface area contributed by atoms with Gasteiger partial charge in [0.05, 0.1) is 12.7 Å². The Labute approximate surface area is 133 Å². The molecule has 1 heterocycles. The molecule has 3 rings (SSSR count). The average molecular weight is 315 g/mol. The predicted molar refractivity (Wildman–Crippen MR) is 83.3 cm³/mol. The van der Waals surface area contributed by atoms with Gasteiger partial charge in [-0.15, -0.1) is 0 Å². The molecule has 0 aromatic heterocycles. The molecular weight excluding hydrogens is 298 g/mol. The molecule has 0 saturated heterocycles. The highest BCUT2D eigenvalue weighted by atomic mass is 16.6. The van der Waals surface area contributed by atoms with Gasteiger partial charge in [-0.3, -0.25) is 4.79 Å². The lowest BCUT2D eigenvalue weighted by Gasteiger charge is -2.19. The number of carbonyl (C=O) groups excluding carboxylic acids is 1. The second-order valence-corrected chi connectivity index (χ2v) is 4.97. The van der Waals surface area contributed by atoms with Crippen LogP contribution in [0, 0.1) is 0 Å². The van der Waals surface area contributed by atoms with E-state index in [2.05, 4.69) is 0 Å². The van der Waals surface area contributed by atoms with Gasteiger partial charge in [0.1, 0.15) is 19.8 Å². The number of methoxy groups -OCH3 is 1. The Hall–Kier alpha value is -2.89. The Morgan fingerprint density at radius 1 is 1.17 bits per heavy atom. The Balaban J connectivity index is 1.82. The fraction of sp³-hybridized carbons (Fsp3) is 0.235. The number of rotatable bonds is 5. The number of fused-ring (bicyclic) bond motifs is 1. The molecule has 2 aromatic carbocycles. The highest BCUT2D eigenvalue weighted by molar-refractivity contribution is 5.96. The van der Waals surface area contributed by atoms with E-state index in [-0.39, 0.29) is 12.2 Å². The summed E-state index contributed by atoms with van der Waals surface area (Å²) in [5.41, 5.74) is 6.55. The summed E-state index contributed by atoms with van der Waals surface area (Å²) in [6, 6.07) is 10.6. The molecule has 1 amide bonds. The van der Waals surface area contributed by atoms with Gasteiger partial charge in [0.2, 0.25) is 0 Å². The van der Waals surface area contributed by atoms with Gasteiger partial charge in [-0.05, 0) is 29.8 Å². The summed E-state index contributed by atoms with van der Waals surface area (Å²) in [6.45, 7) is 1.32. The molecule has 0 radical (unpaired) electrons. The molecule has 1 aliphatic rings. The van der Waals surface area contributed by atoms with Crippen molar-refractivity contribution in [1.82, 2.24) is 0 Å². The topological polar surface area (TPSA) is 80.0 Å². The van der Waals surface area contributed by atoms with Crippen LogP contribution in [0.1, 0.15) is 15.9 Å². The van der Waals surface area contributed by atoms with Gasteiger partial charge in [-0.25, -0.2) is 0 Å². The summed E-state index contributed by atoms with van der Waals surface area (Å²) >= 11 is 0. The van der Waals surface area contributed by atoms with Gasteiger partial charge in [0.15, 0.2) is 23.0 Å². The van der Waals surface area contributed by atoms with Gasteiger partial charge in [0.25, 0.3) is 5.91 Å². The molecule has 2 aromatic rings. The van der Waals surface area contributed by atoms with Gasteiger partial charge < -0.3 is 24.7 Å². The molecule has 6 heteroatoms. The first kappa shape index (κ1) is 15.0. The Bertz CT molecular complexity index is 729. The number of para-hydroxylation sites is 1. The highest BCUT2D eigenvalue weighted by Gasteiger charge is 2.16. The van der Waals surface area contributed by atoms with Crippen molar-refractivity contribution in [3.05, 3.63) is 47.5 Å². The number of hydrogen-bond donors (Lipinski definition) is 1. The van der Waals surface area contributed by atoms with Crippen LogP contribution in [0.2, 0.25) is 0 Å². The van der Waals surface area contributed by atoms with Gasteiger partial charge in [-0.1, -0.05) is 12.1 Å². The van der Waals surface area contributed by atoms with Gasteiger partial charge in [0, 0.05) is 0 Å². The van der Waals surface area contributed by atoms with Crippen LogP contribution in [-0.4, -0.2) is 26.2 Å². The van der Waals surface area contributed by atoms with E-state index < -0.39 is 5.91 Å². The van der Waals surface area contributed by atoms with E-state index in [0.717, 1.165) is 11.3 Å². The number of ether oxygens (including phenoxy) is 4. The van der Waals surface area contributed by atoms with E-state index in [9.17, 15) is 4.79 Å². The third-order valence-corrected chi connectivity index (χ3v) is 3.45. The molecule has 0 spiro atoms. The second-order valence-electron chi connectivity index (χ2n) is 4.97. The van der Waals surface area contributed by atoms with Crippen molar-refractivity contribution >= 4 is 5.91 Å². The molecule has 0 aliphatic carbocycles. The van der Waals surface area contributed by atoms with E-state index >= 15 is 0 Å². The van der Waals surface area contributed by atoms with E-state index in [1.54, 1.807) is 18.2 Å². The SMILES string of the molecule is COc1cccc(C(N)=O)c1OCc1ccc2c(c1)OCCO2. The van der Waals surface area contributed by atoms with Gasteiger partial charge >= 0.3 is 0 Å². The van der Waals surface area contributed by atoms with Crippen LogP contribution >= 0.6 is 0 Å². The minimum atomic E-state index is -0.568. The Morgan fingerprint density at radius 3 is 2.70 bits per heavy atom. The lowest BCUT2D eigenvalue weighted by molar-refractivity contribution is 0.0995. The largest absolute Gasteiger partial charge is 0.493 e. The number of nitrogens with two attached hydrogens (primary N) is 1. The minimum absolute atomic E-state index is 0.247. The number of amides is 1. The van der Waals surface area contributed by atoms with E-state index in [4.69, 9.17) is 24.7 Å². The van der Waals surface area contributed by atoms with Crippen LogP contribution in [0.3, 0.4) is 0 Å². The average Bonchev–Trinajstić information content (AvgIpc) is 2.59. The molecule has 120 valence electrons. The normalized spacial score (nSPS) is 12.6. The molecule has 0 fully saturated rings. The monoisotopic (exact) mass is 315 g/mol. The molecule has 0 bridgehead atoms. The standard InChI is InChI=1S/C17H17NO5/c1-20-14-4-2-3-12(17(18)19)16(14)23-10-11-5-6-13-15(9-11)22-8-7-21-13/h2-6,9H,7-8,10H2,1H3,(H2,18,19). The first-order valence-corrected chi connectivity index (χ1v) is 7.17. The fourth-order valence-electron chi connectivity index (χ4n) is 2.35. The number of benzene rings is 2. The molecule has 6 nitrogen and oxygen atoms in total. The zero-order valence-corrected chi connectivity index (χ0v) is 12.7. The van der Waals surface area contributed by atoms with Crippen molar-refractivity contribution in [2.45, 2.75) is 6.61 Å². The number of primary amides is 1. The maximum atomic E-state index is 11.5. The van der Waals surface area contributed by atoms with E-state index in [0.29, 0.717) is 30.5 Å². The summed E-state index contributed by atoms with van der Waals surface area (Å²) < 4.78 is 22.0. The van der Waals surface area contributed by atoms with Crippen LogP contribution in [0.4, 0.5) is 0 Å². The van der Waals surface area contributed by atoms with Crippen molar-refractivity contribution in [2.75, 3.05) is 20.3 Å². The summed E-state index contributed by atoms with van der Waals surface area (Å²) in [5.74, 6) is 1.62. The predicted octanol–water partition coefficient (Wildman–Crippen LogP) is 2.14. The first-order chi connectivity index (χ1) is 11.2. The van der Waals surface area contributed by atoms with E-state index in [1.807, 2.05) is 18.2 Å². The third kappa shape index (κ3) is 3.15. The van der Waals surface area contributed by atoms with Crippen molar-refractivity contribution < 1.29 is 23.7 Å². The van der Waals surface area contributed by atoms with Crippen molar-refractivity contribution in [2.24, 2.45) is 5.73 Å². The fourth-order valence-corrected chi connectivity index (χ4v) is 2.35. The molecule has 1 aliphatic heterocycles. The quantitative estimate of drug-likeness (QED) is 0.914. The second kappa shape index (κ2) is 6.48. The molecule has 0 unspecified atom stereocenters. The minimum Gasteiger partial charge on any atom is -0.493 e. The van der Waals surface area contributed by atoms with Crippen molar-refractivity contribution in [1.29, 1.82) is 0 Å². The first-order valence-electron chi connectivity index (χ1n) is 7.17.